The quantitative estimate of drug-likeness (QED) is 0.564. The number of methoxy groups -OCH3 is 1. The lowest BCUT2D eigenvalue weighted by Crippen LogP contribution is -2.08. The number of rotatable bonds is 1. The molecule has 10 heavy (non-hydrogen) atoms. The summed E-state index contributed by atoms with van der Waals surface area (Å²) < 4.78 is 4.25. The van der Waals surface area contributed by atoms with Crippen LogP contribution in [-0.2, 0) is 4.74 Å². The van der Waals surface area contributed by atoms with Gasteiger partial charge in [0.15, 0.2) is 0 Å². The molecule has 0 aromatic heterocycles. The van der Waals surface area contributed by atoms with E-state index >= 15 is 0 Å². The molecule has 0 rings (SSSR count). The summed E-state index contributed by atoms with van der Waals surface area (Å²) in [6, 6.07) is 0. The van der Waals surface area contributed by atoms with E-state index < -0.39 is 0 Å². The van der Waals surface area contributed by atoms with E-state index in [4.69, 9.17) is 0 Å². The summed E-state index contributed by atoms with van der Waals surface area (Å²) in [5.41, 5.74) is 0. The molecular formula is C8H23NO. The first-order valence-corrected chi connectivity index (χ1v) is 3.73. The maximum Gasteiger partial charge on any atom is 0.0351 e. The molecule has 0 N–H and O–H groups in total. The molecule has 0 saturated heterocycles. The van der Waals surface area contributed by atoms with Gasteiger partial charge in [-0.25, -0.2) is 0 Å². The van der Waals surface area contributed by atoms with Crippen LogP contribution in [0.1, 0.15) is 20.8 Å². The van der Waals surface area contributed by atoms with E-state index in [9.17, 15) is 0 Å². The van der Waals surface area contributed by atoms with E-state index in [0.29, 0.717) is 0 Å². The van der Waals surface area contributed by atoms with Crippen LogP contribution in [0.4, 0.5) is 0 Å². The molecule has 0 aliphatic carbocycles. The van der Waals surface area contributed by atoms with Crippen molar-refractivity contribution in [1.29, 1.82) is 0 Å². The van der Waals surface area contributed by atoms with E-state index in [2.05, 4.69) is 30.7 Å². The summed E-state index contributed by atoms with van der Waals surface area (Å²) in [5, 5.41) is 0. The van der Waals surface area contributed by atoms with Gasteiger partial charge < -0.3 is 9.64 Å². The van der Waals surface area contributed by atoms with Crippen molar-refractivity contribution in [2.45, 2.75) is 20.8 Å². The SMILES string of the molecule is CC.CCN(C)C.COC. The highest BCUT2D eigenvalue weighted by atomic mass is 16.4. The Hall–Kier alpha value is -0.0800. The van der Waals surface area contributed by atoms with Gasteiger partial charge in [0.2, 0.25) is 0 Å². The zero-order valence-corrected chi connectivity index (χ0v) is 8.56. The summed E-state index contributed by atoms with van der Waals surface area (Å²) in [5.74, 6) is 0. The molecule has 0 spiro atoms. The summed E-state index contributed by atoms with van der Waals surface area (Å²) in [6.45, 7) is 7.26. The average Bonchev–Trinajstić information content (AvgIpc) is 1.94. The third-order valence-corrected chi connectivity index (χ3v) is 0.632. The minimum absolute atomic E-state index is 1.14. The Kier molecular flexibility index (Phi) is 38.1. The lowest BCUT2D eigenvalue weighted by molar-refractivity contribution is 0.277. The van der Waals surface area contributed by atoms with Gasteiger partial charge in [0.1, 0.15) is 0 Å². The summed E-state index contributed by atoms with van der Waals surface area (Å²) >= 11 is 0. The van der Waals surface area contributed by atoms with Crippen LogP contribution in [0.2, 0.25) is 0 Å². The Morgan fingerprint density at radius 2 is 1.20 bits per heavy atom. The fraction of sp³-hybridized carbons (Fsp3) is 1.00. The van der Waals surface area contributed by atoms with Crippen LogP contribution in [0.3, 0.4) is 0 Å². The van der Waals surface area contributed by atoms with Gasteiger partial charge >= 0.3 is 0 Å². The normalized spacial score (nSPS) is 7.20. The standard InChI is InChI=1S/C4H11N.C2H6O.C2H6/c1-4-5(2)3;1-3-2;1-2/h4H2,1-3H3;1-2H3;1-2H3. The molecule has 0 fully saturated rings. The number of hydrogen-bond acceptors (Lipinski definition) is 2. The van der Waals surface area contributed by atoms with Crippen LogP contribution in [-0.4, -0.2) is 39.8 Å². The van der Waals surface area contributed by atoms with E-state index in [1.165, 1.54) is 0 Å². The Labute approximate surface area is 66.2 Å². The molecule has 66 valence electrons. The van der Waals surface area contributed by atoms with Crippen molar-refractivity contribution in [3.8, 4) is 0 Å². The van der Waals surface area contributed by atoms with Gasteiger partial charge in [-0.05, 0) is 20.6 Å². The van der Waals surface area contributed by atoms with Gasteiger partial charge in [-0.2, -0.15) is 0 Å². The second-order valence-corrected chi connectivity index (χ2v) is 1.80. The molecule has 0 radical (unpaired) electrons. The molecule has 0 atom stereocenters. The predicted octanol–water partition coefficient (Wildman–Crippen LogP) is 1.86. The van der Waals surface area contributed by atoms with Gasteiger partial charge in [-0.15, -0.1) is 0 Å². The van der Waals surface area contributed by atoms with E-state index in [1.54, 1.807) is 14.2 Å². The minimum atomic E-state index is 1.14. The second-order valence-electron chi connectivity index (χ2n) is 1.80. The molecule has 0 unspecified atom stereocenters. The molecule has 0 aliphatic rings. The maximum atomic E-state index is 4.25. The van der Waals surface area contributed by atoms with Crippen LogP contribution in [0.15, 0.2) is 0 Å². The van der Waals surface area contributed by atoms with Crippen LogP contribution in [0.5, 0.6) is 0 Å². The van der Waals surface area contributed by atoms with Crippen LogP contribution < -0.4 is 0 Å². The second kappa shape index (κ2) is 23.1. The Morgan fingerprint density at radius 1 is 1.10 bits per heavy atom. The zero-order valence-electron chi connectivity index (χ0n) is 8.56. The van der Waals surface area contributed by atoms with Crippen LogP contribution >= 0.6 is 0 Å². The van der Waals surface area contributed by atoms with Gasteiger partial charge in [-0.1, -0.05) is 20.8 Å². The predicted molar refractivity (Wildman–Crippen MR) is 48.5 cm³/mol. The first kappa shape index (κ1) is 16.5. The summed E-state index contributed by atoms with van der Waals surface area (Å²) in [7, 11) is 7.36. The molecule has 2 heteroatoms. The third kappa shape index (κ3) is 103. The van der Waals surface area contributed by atoms with Crippen molar-refractivity contribution in [2.75, 3.05) is 34.9 Å². The lowest BCUT2D eigenvalue weighted by Gasteiger charge is -2.00. The van der Waals surface area contributed by atoms with Gasteiger partial charge in [-0.3, -0.25) is 0 Å². The van der Waals surface area contributed by atoms with Crippen molar-refractivity contribution >= 4 is 0 Å². The largest absolute Gasteiger partial charge is 0.388 e. The summed E-state index contributed by atoms with van der Waals surface area (Å²) in [6.07, 6.45) is 0. The van der Waals surface area contributed by atoms with Crippen molar-refractivity contribution in [2.24, 2.45) is 0 Å². The molecule has 0 saturated carbocycles. The average molecular weight is 149 g/mol. The van der Waals surface area contributed by atoms with Crippen molar-refractivity contribution in [1.82, 2.24) is 4.90 Å². The van der Waals surface area contributed by atoms with E-state index in [1.807, 2.05) is 13.8 Å². The smallest absolute Gasteiger partial charge is 0.0351 e. The fourth-order valence-corrected chi connectivity index (χ4v) is 0. The number of ether oxygens (including phenoxy) is 1. The Morgan fingerprint density at radius 3 is 1.20 bits per heavy atom. The first-order chi connectivity index (χ1) is 4.68. The van der Waals surface area contributed by atoms with Gasteiger partial charge in [0.25, 0.3) is 0 Å². The van der Waals surface area contributed by atoms with Crippen molar-refractivity contribution in [3.63, 3.8) is 0 Å². The Bertz CT molecular complexity index is 30.4. The summed E-state index contributed by atoms with van der Waals surface area (Å²) in [4.78, 5) is 2.12. The molecule has 0 bridgehead atoms. The van der Waals surface area contributed by atoms with Crippen LogP contribution in [0, 0.1) is 0 Å². The molecular weight excluding hydrogens is 126 g/mol. The molecule has 0 aromatic carbocycles. The molecule has 0 amide bonds. The molecule has 2 nitrogen and oxygen atoms in total. The topological polar surface area (TPSA) is 12.5 Å². The Balaban J connectivity index is -0.0000000847. The van der Waals surface area contributed by atoms with Gasteiger partial charge in [0.05, 0.1) is 0 Å². The fourth-order valence-electron chi connectivity index (χ4n) is 0. The maximum absolute atomic E-state index is 4.25. The van der Waals surface area contributed by atoms with Crippen molar-refractivity contribution < 1.29 is 4.74 Å². The highest BCUT2D eigenvalue weighted by Gasteiger charge is 1.72. The highest BCUT2D eigenvalue weighted by Crippen LogP contribution is 1.63. The van der Waals surface area contributed by atoms with Crippen molar-refractivity contribution in [3.05, 3.63) is 0 Å². The molecule has 0 aliphatic heterocycles. The number of hydrogen-bond donors (Lipinski definition) is 0. The van der Waals surface area contributed by atoms with Crippen LogP contribution in [0.25, 0.3) is 0 Å². The number of nitrogens with zero attached hydrogens (tertiary/aromatic N) is 1. The van der Waals surface area contributed by atoms with E-state index in [-0.39, 0.29) is 0 Å². The zero-order chi connectivity index (χ0) is 8.99. The first-order valence-electron chi connectivity index (χ1n) is 3.73. The minimum Gasteiger partial charge on any atom is -0.388 e. The monoisotopic (exact) mass is 149 g/mol. The van der Waals surface area contributed by atoms with E-state index in [0.717, 1.165) is 6.54 Å². The molecule has 0 aromatic rings. The highest BCUT2D eigenvalue weighted by molar-refractivity contribution is 4.25. The molecule has 0 heterocycles. The lowest BCUT2D eigenvalue weighted by atomic mass is 10.7. The third-order valence-electron chi connectivity index (χ3n) is 0.632. The van der Waals surface area contributed by atoms with Gasteiger partial charge in [0, 0.05) is 14.2 Å².